The molecule has 0 bridgehead atoms. The Morgan fingerprint density at radius 1 is 1.06 bits per heavy atom. The number of thioether (sulfide) groups is 1. The quantitative estimate of drug-likeness (QED) is 0.499. The van der Waals surface area contributed by atoms with E-state index in [4.69, 9.17) is 0 Å². The van der Waals surface area contributed by atoms with Crippen LogP contribution in [0, 0.1) is 19.8 Å². The van der Waals surface area contributed by atoms with E-state index in [9.17, 15) is 9.59 Å². The lowest BCUT2D eigenvalue weighted by Crippen LogP contribution is -2.33. The van der Waals surface area contributed by atoms with Gasteiger partial charge in [0.15, 0.2) is 11.0 Å². The minimum absolute atomic E-state index is 0.107. The van der Waals surface area contributed by atoms with Crippen LogP contribution in [-0.2, 0) is 11.8 Å². The van der Waals surface area contributed by atoms with E-state index in [1.54, 1.807) is 12.1 Å². The SMILES string of the molecule is Cc1ccc(NC(=O)CSc2nnc([C@@H](NC(=O)c3ccccc3)C(C)C)n2C)c(C)c1. The highest BCUT2D eigenvalue weighted by Gasteiger charge is 2.25. The van der Waals surface area contributed by atoms with E-state index >= 15 is 0 Å². The molecule has 0 unspecified atom stereocenters. The van der Waals surface area contributed by atoms with Crippen LogP contribution in [0.25, 0.3) is 0 Å². The van der Waals surface area contributed by atoms with E-state index in [1.165, 1.54) is 11.8 Å². The lowest BCUT2D eigenvalue weighted by atomic mass is 10.0. The van der Waals surface area contributed by atoms with Gasteiger partial charge >= 0.3 is 0 Å². The first kappa shape index (κ1) is 23.5. The number of aryl methyl sites for hydroxylation is 2. The predicted octanol–water partition coefficient (Wildman–Crippen LogP) is 4.29. The predicted molar refractivity (Wildman–Crippen MR) is 128 cm³/mol. The van der Waals surface area contributed by atoms with Gasteiger partial charge in [-0.05, 0) is 43.5 Å². The first-order valence-corrected chi connectivity index (χ1v) is 11.5. The third kappa shape index (κ3) is 5.76. The Hall–Kier alpha value is -3.13. The maximum Gasteiger partial charge on any atom is 0.251 e. The number of hydrogen-bond acceptors (Lipinski definition) is 5. The Kier molecular flexibility index (Phi) is 7.69. The van der Waals surface area contributed by atoms with Gasteiger partial charge in [-0.1, -0.05) is 61.5 Å². The molecule has 0 saturated heterocycles. The fourth-order valence-electron chi connectivity index (χ4n) is 3.34. The van der Waals surface area contributed by atoms with Gasteiger partial charge in [-0.3, -0.25) is 9.59 Å². The van der Waals surface area contributed by atoms with Crippen molar-refractivity contribution in [3.8, 4) is 0 Å². The van der Waals surface area contributed by atoms with Gasteiger partial charge in [-0.25, -0.2) is 0 Å². The lowest BCUT2D eigenvalue weighted by molar-refractivity contribution is -0.113. The topological polar surface area (TPSA) is 88.9 Å². The molecule has 7 nitrogen and oxygen atoms in total. The fourth-order valence-corrected chi connectivity index (χ4v) is 4.05. The molecule has 0 fully saturated rings. The molecule has 8 heteroatoms. The van der Waals surface area contributed by atoms with Gasteiger partial charge in [-0.15, -0.1) is 10.2 Å². The highest BCUT2D eigenvalue weighted by Crippen LogP contribution is 2.25. The fraction of sp³-hybridized carbons (Fsp3) is 0.333. The number of rotatable bonds is 8. The summed E-state index contributed by atoms with van der Waals surface area (Å²) >= 11 is 1.31. The molecule has 2 amide bonds. The number of nitrogens with zero attached hydrogens (tertiary/aromatic N) is 3. The highest BCUT2D eigenvalue weighted by atomic mass is 32.2. The molecule has 0 aliphatic rings. The minimum Gasteiger partial charge on any atom is -0.342 e. The van der Waals surface area contributed by atoms with Crippen molar-refractivity contribution in [2.45, 2.75) is 38.9 Å². The van der Waals surface area contributed by atoms with Gasteiger partial charge in [0, 0.05) is 18.3 Å². The van der Waals surface area contributed by atoms with Crippen molar-refractivity contribution >= 4 is 29.3 Å². The van der Waals surface area contributed by atoms with Gasteiger partial charge in [0.1, 0.15) is 0 Å². The van der Waals surface area contributed by atoms with Crippen LogP contribution in [0.2, 0.25) is 0 Å². The van der Waals surface area contributed by atoms with E-state index in [1.807, 2.05) is 75.7 Å². The Morgan fingerprint density at radius 2 is 1.78 bits per heavy atom. The minimum atomic E-state index is -0.307. The van der Waals surface area contributed by atoms with E-state index in [0.717, 1.165) is 16.8 Å². The number of aromatic nitrogens is 3. The monoisotopic (exact) mass is 451 g/mol. The molecule has 168 valence electrons. The van der Waals surface area contributed by atoms with Crippen LogP contribution >= 0.6 is 11.8 Å². The standard InChI is InChI=1S/C24H29N5O2S/c1-15(2)21(26-23(31)18-9-7-6-8-10-18)22-27-28-24(29(22)5)32-14-20(30)25-19-12-11-16(3)13-17(19)4/h6-13,15,21H,14H2,1-5H3,(H,25,30)(H,26,31)/t21-/m0/s1. The lowest BCUT2D eigenvalue weighted by Gasteiger charge is -2.21. The molecule has 3 aromatic rings. The number of benzene rings is 2. The number of carbonyl (C=O) groups is 2. The second-order valence-corrected chi connectivity index (χ2v) is 9.06. The van der Waals surface area contributed by atoms with Gasteiger partial charge in [0.25, 0.3) is 5.91 Å². The van der Waals surface area contributed by atoms with E-state index in [2.05, 4.69) is 20.8 Å². The molecular formula is C24H29N5O2S. The number of carbonyl (C=O) groups excluding carboxylic acids is 2. The van der Waals surface area contributed by atoms with Crippen LogP contribution in [0.15, 0.2) is 53.7 Å². The van der Waals surface area contributed by atoms with Gasteiger partial charge in [0.2, 0.25) is 5.91 Å². The van der Waals surface area contributed by atoms with Gasteiger partial charge < -0.3 is 15.2 Å². The number of amides is 2. The third-order valence-electron chi connectivity index (χ3n) is 5.12. The molecule has 1 heterocycles. The maximum absolute atomic E-state index is 12.7. The summed E-state index contributed by atoms with van der Waals surface area (Å²) in [7, 11) is 1.85. The maximum atomic E-state index is 12.7. The average Bonchev–Trinajstić information content (AvgIpc) is 3.12. The largest absolute Gasteiger partial charge is 0.342 e. The molecule has 0 aliphatic heterocycles. The number of nitrogens with one attached hydrogen (secondary N) is 2. The summed E-state index contributed by atoms with van der Waals surface area (Å²) in [5.74, 6) is 0.707. The van der Waals surface area contributed by atoms with Crippen molar-refractivity contribution in [1.29, 1.82) is 0 Å². The number of hydrogen-bond donors (Lipinski definition) is 2. The van der Waals surface area contributed by atoms with Crippen LogP contribution in [0.3, 0.4) is 0 Å². The second-order valence-electron chi connectivity index (χ2n) is 8.12. The second kappa shape index (κ2) is 10.5. The van der Waals surface area contributed by atoms with Crippen LogP contribution in [0.5, 0.6) is 0 Å². The van der Waals surface area contributed by atoms with Gasteiger partial charge in [-0.2, -0.15) is 0 Å². The summed E-state index contributed by atoms with van der Waals surface area (Å²) in [6.07, 6.45) is 0. The van der Waals surface area contributed by atoms with Crippen molar-refractivity contribution in [2.24, 2.45) is 13.0 Å². The molecule has 1 aromatic heterocycles. The molecule has 3 rings (SSSR count). The van der Waals surface area contributed by atoms with Crippen molar-refractivity contribution in [2.75, 3.05) is 11.1 Å². The molecular weight excluding hydrogens is 422 g/mol. The molecule has 0 radical (unpaired) electrons. The zero-order chi connectivity index (χ0) is 23.3. The Bertz CT molecular complexity index is 1100. The summed E-state index contributed by atoms with van der Waals surface area (Å²) in [4.78, 5) is 25.1. The van der Waals surface area contributed by atoms with Gasteiger partial charge in [0.05, 0.1) is 11.8 Å². The van der Waals surface area contributed by atoms with E-state index in [-0.39, 0.29) is 29.5 Å². The van der Waals surface area contributed by atoms with Crippen molar-refractivity contribution in [3.63, 3.8) is 0 Å². The summed E-state index contributed by atoms with van der Waals surface area (Å²) in [6.45, 7) is 8.04. The zero-order valence-corrected chi connectivity index (χ0v) is 19.9. The van der Waals surface area contributed by atoms with Crippen molar-refractivity contribution < 1.29 is 9.59 Å². The molecule has 1 atom stereocenters. The Labute approximate surface area is 193 Å². The molecule has 2 aromatic carbocycles. The Balaban J connectivity index is 1.66. The third-order valence-corrected chi connectivity index (χ3v) is 6.14. The first-order chi connectivity index (χ1) is 15.3. The molecule has 0 saturated carbocycles. The van der Waals surface area contributed by atoms with Crippen LogP contribution in [0.4, 0.5) is 5.69 Å². The highest BCUT2D eigenvalue weighted by molar-refractivity contribution is 7.99. The summed E-state index contributed by atoms with van der Waals surface area (Å²) < 4.78 is 1.84. The van der Waals surface area contributed by atoms with E-state index < -0.39 is 0 Å². The summed E-state index contributed by atoms with van der Waals surface area (Å²) in [6, 6.07) is 14.7. The van der Waals surface area contributed by atoms with E-state index in [0.29, 0.717) is 16.5 Å². The van der Waals surface area contributed by atoms with Crippen molar-refractivity contribution in [1.82, 2.24) is 20.1 Å². The molecule has 0 aliphatic carbocycles. The Morgan fingerprint density at radius 3 is 2.44 bits per heavy atom. The van der Waals surface area contributed by atoms with Crippen LogP contribution in [-0.4, -0.2) is 32.3 Å². The van der Waals surface area contributed by atoms with Crippen LogP contribution in [0.1, 0.15) is 47.2 Å². The normalized spacial score (nSPS) is 11.9. The summed E-state index contributed by atoms with van der Waals surface area (Å²) in [5.41, 5.74) is 3.58. The zero-order valence-electron chi connectivity index (χ0n) is 19.0. The number of anilines is 1. The smallest absolute Gasteiger partial charge is 0.251 e. The molecule has 0 spiro atoms. The summed E-state index contributed by atoms with van der Waals surface area (Å²) in [5, 5.41) is 15.2. The first-order valence-electron chi connectivity index (χ1n) is 10.5. The van der Waals surface area contributed by atoms with Crippen molar-refractivity contribution in [3.05, 3.63) is 71.0 Å². The molecule has 32 heavy (non-hydrogen) atoms. The van der Waals surface area contributed by atoms with Crippen LogP contribution < -0.4 is 10.6 Å². The average molecular weight is 452 g/mol. The molecule has 2 N–H and O–H groups in total.